The van der Waals surface area contributed by atoms with Gasteiger partial charge >= 0.3 is 0 Å². The third-order valence-corrected chi connectivity index (χ3v) is 6.27. The molecule has 0 radical (unpaired) electrons. The topological polar surface area (TPSA) is 79.9 Å². The second-order valence-electron chi connectivity index (χ2n) is 7.55. The Hall–Kier alpha value is -1.61. The van der Waals surface area contributed by atoms with Crippen LogP contribution in [-0.2, 0) is 19.1 Å². The van der Waals surface area contributed by atoms with Gasteiger partial charge in [0, 0.05) is 43.9 Å². The number of ether oxygens (including phenoxy) is 2. The van der Waals surface area contributed by atoms with Crippen molar-refractivity contribution in [3.05, 3.63) is 29.8 Å². The number of carbonyl (C=O) groups excluding carboxylic acids is 2. The molecular weight excluding hydrogens is 390 g/mol. The molecule has 1 aromatic carbocycles. The lowest BCUT2D eigenvalue weighted by atomic mass is 9.97. The first kappa shape index (κ1) is 22.1. The van der Waals surface area contributed by atoms with E-state index in [4.69, 9.17) is 9.47 Å². The summed E-state index contributed by atoms with van der Waals surface area (Å²) in [6.45, 7) is 7.44. The number of benzene rings is 1. The maximum Gasteiger partial charge on any atom is 0.234 e. The number of carbonyl (C=O) groups is 2. The van der Waals surface area contributed by atoms with Crippen LogP contribution in [0.5, 0.6) is 0 Å². The van der Waals surface area contributed by atoms with E-state index in [2.05, 4.69) is 15.5 Å². The molecule has 0 aromatic heterocycles. The van der Waals surface area contributed by atoms with Crippen molar-refractivity contribution in [3.63, 3.8) is 0 Å². The molecule has 2 aliphatic heterocycles. The van der Waals surface area contributed by atoms with Crippen LogP contribution >= 0.6 is 11.8 Å². The zero-order chi connectivity index (χ0) is 20.5. The van der Waals surface area contributed by atoms with Crippen LogP contribution < -0.4 is 10.6 Å². The minimum atomic E-state index is -0.0963. The highest BCUT2D eigenvalue weighted by atomic mass is 32.2. The molecule has 2 saturated heterocycles. The molecule has 2 fully saturated rings. The fourth-order valence-corrected chi connectivity index (χ4v) is 4.35. The number of amides is 2. The van der Waals surface area contributed by atoms with Gasteiger partial charge in [-0.3, -0.25) is 14.5 Å². The van der Waals surface area contributed by atoms with Gasteiger partial charge in [0.25, 0.3) is 0 Å². The first-order chi connectivity index (χ1) is 14.1. The molecule has 0 spiro atoms. The Balaban J connectivity index is 1.37. The molecule has 160 valence electrons. The van der Waals surface area contributed by atoms with Crippen molar-refractivity contribution in [2.45, 2.75) is 19.4 Å². The molecule has 0 saturated carbocycles. The highest BCUT2D eigenvalue weighted by Crippen LogP contribution is 2.22. The molecule has 1 aromatic rings. The Morgan fingerprint density at radius 2 is 1.83 bits per heavy atom. The maximum atomic E-state index is 12.3. The number of hydrogen-bond acceptors (Lipinski definition) is 6. The van der Waals surface area contributed by atoms with E-state index in [9.17, 15) is 9.59 Å². The van der Waals surface area contributed by atoms with Crippen molar-refractivity contribution >= 4 is 29.3 Å². The summed E-state index contributed by atoms with van der Waals surface area (Å²) in [5, 5.41) is 5.91. The number of anilines is 1. The molecule has 7 nitrogen and oxygen atoms in total. The molecule has 2 heterocycles. The first-order valence-corrected chi connectivity index (χ1v) is 11.4. The predicted molar refractivity (Wildman–Crippen MR) is 115 cm³/mol. The summed E-state index contributed by atoms with van der Waals surface area (Å²) in [6.07, 6.45) is 1.03. The number of hydrogen-bond donors (Lipinski definition) is 2. The van der Waals surface area contributed by atoms with Crippen molar-refractivity contribution in [3.8, 4) is 0 Å². The lowest BCUT2D eigenvalue weighted by Gasteiger charge is -2.37. The fraction of sp³-hybridized carbons (Fsp3) is 0.619. The maximum absolute atomic E-state index is 12.3. The van der Waals surface area contributed by atoms with E-state index >= 15 is 0 Å². The molecular formula is C21H31N3O4S. The Morgan fingerprint density at radius 1 is 1.10 bits per heavy atom. The minimum absolute atomic E-state index is 0.0321. The summed E-state index contributed by atoms with van der Waals surface area (Å²) in [4.78, 5) is 26.7. The van der Waals surface area contributed by atoms with Gasteiger partial charge in [-0.05, 0) is 25.5 Å². The van der Waals surface area contributed by atoms with Crippen LogP contribution in [0.15, 0.2) is 24.3 Å². The Kier molecular flexibility index (Phi) is 8.79. The molecule has 3 rings (SSSR count). The van der Waals surface area contributed by atoms with Crippen LogP contribution in [0.3, 0.4) is 0 Å². The zero-order valence-electron chi connectivity index (χ0n) is 17.0. The summed E-state index contributed by atoms with van der Waals surface area (Å²) in [7, 11) is 0. The molecule has 8 heteroatoms. The molecule has 2 amide bonds. The average molecular weight is 422 g/mol. The van der Waals surface area contributed by atoms with Gasteiger partial charge in [0.05, 0.1) is 31.3 Å². The molecule has 2 N–H and O–H groups in total. The number of aryl methyl sites for hydroxylation is 1. The quantitative estimate of drug-likeness (QED) is 0.629. The lowest BCUT2D eigenvalue weighted by Crippen LogP contribution is -2.52. The smallest absolute Gasteiger partial charge is 0.234 e. The average Bonchev–Trinajstić information content (AvgIpc) is 3.25. The van der Waals surface area contributed by atoms with Crippen molar-refractivity contribution in [1.29, 1.82) is 0 Å². The van der Waals surface area contributed by atoms with Crippen LogP contribution in [0.2, 0.25) is 0 Å². The Morgan fingerprint density at radius 3 is 2.52 bits per heavy atom. The lowest BCUT2D eigenvalue weighted by molar-refractivity contribution is -0.119. The summed E-state index contributed by atoms with van der Waals surface area (Å²) >= 11 is 1.33. The molecule has 2 aliphatic rings. The summed E-state index contributed by atoms with van der Waals surface area (Å²) in [5.74, 6) is 0.848. The van der Waals surface area contributed by atoms with Crippen molar-refractivity contribution < 1.29 is 19.1 Å². The SMILES string of the molecule is Cc1ccc(NC(=O)CSCC(=O)NCC(C2CCOC2)N2CCOCC2)cc1. The summed E-state index contributed by atoms with van der Waals surface area (Å²) < 4.78 is 11.0. The number of nitrogens with one attached hydrogen (secondary N) is 2. The third kappa shape index (κ3) is 7.29. The van der Waals surface area contributed by atoms with Gasteiger partial charge in [0.1, 0.15) is 0 Å². The molecule has 0 bridgehead atoms. The van der Waals surface area contributed by atoms with E-state index in [0.717, 1.165) is 57.2 Å². The van der Waals surface area contributed by atoms with E-state index in [0.29, 0.717) is 12.5 Å². The van der Waals surface area contributed by atoms with E-state index in [1.54, 1.807) is 0 Å². The minimum Gasteiger partial charge on any atom is -0.381 e. The molecule has 2 unspecified atom stereocenters. The Labute approximate surface area is 176 Å². The number of morpholine rings is 1. The number of rotatable bonds is 9. The second kappa shape index (κ2) is 11.5. The fourth-order valence-electron chi connectivity index (χ4n) is 3.70. The number of thioether (sulfide) groups is 1. The number of nitrogens with zero attached hydrogens (tertiary/aromatic N) is 1. The van der Waals surface area contributed by atoms with Gasteiger partial charge < -0.3 is 20.1 Å². The standard InChI is InChI=1S/C21H31N3O4S/c1-16-2-4-18(5-3-16)23-21(26)15-29-14-20(25)22-12-19(17-6-9-28-13-17)24-7-10-27-11-8-24/h2-5,17,19H,6-15H2,1H3,(H,22,25)(H,23,26). The van der Waals surface area contributed by atoms with Gasteiger partial charge in [-0.25, -0.2) is 0 Å². The normalized spacial score (nSPS) is 20.9. The third-order valence-electron chi connectivity index (χ3n) is 5.33. The van der Waals surface area contributed by atoms with Gasteiger partial charge in [0.15, 0.2) is 0 Å². The van der Waals surface area contributed by atoms with Crippen LogP contribution in [0.25, 0.3) is 0 Å². The van der Waals surface area contributed by atoms with E-state index < -0.39 is 0 Å². The van der Waals surface area contributed by atoms with Crippen LogP contribution in [0.4, 0.5) is 5.69 Å². The largest absolute Gasteiger partial charge is 0.381 e. The van der Waals surface area contributed by atoms with Crippen molar-refractivity contribution in [2.24, 2.45) is 5.92 Å². The van der Waals surface area contributed by atoms with Gasteiger partial charge in [0.2, 0.25) is 11.8 Å². The zero-order valence-corrected chi connectivity index (χ0v) is 17.8. The van der Waals surface area contributed by atoms with Gasteiger partial charge in [-0.15, -0.1) is 11.8 Å². The molecule has 29 heavy (non-hydrogen) atoms. The second-order valence-corrected chi connectivity index (χ2v) is 8.54. The Bertz CT molecular complexity index is 658. The summed E-state index contributed by atoms with van der Waals surface area (Å²) in [5.41, 5.74) is 1.92. The van der Waals surface area contributed by atoms with Crippen LogP contribution in [-0.4, -0.2) is 80.3 Å². The van der Waals surface area contributed by atoms with Crippen molar-refractivity contribution in [1.82, 2.24) is 10.2 Å². The van der Waals surface area contributed by atoms with Gasteiger partial charge in [-0.1, -0.05) is 17.7 Å². The highest BCUT2D eigenvalue weighted by molar-refractivity contribution is 8.00. The molecule has 0 aliphatic carbocycles. The molecule has 2 atom stereocenters. The van der Waals surface area contributed by atoms with E-state index in [-0.39, 0.29) is 29.4 Å². The van der Waals surface area contributed by atoms with E-state index in [1.165, 1.54) is 11.8 Å². The monoisotopic (exact) mass is 421 g/mol. The first-order valence-electron chi connectivity index (χ1n) is 10.2. The summed E-state index contributed by atoms with van der Waals surface area (Å²) in [6, 6.07) is 7.94. The van der Waals surface area contributed by atoms with Crippen LogP contribution in [0.1, 0.15) is 12.0 Å². The highest BCUT2D eigenvalue weighted by Gasteiger charge is 2.31. The predicted octanol–water partition coefficient (Wildman–Crippen LogP) is 1.52. The van der Waals surface area contributed by atoms with Gasteiger partial charge in [-0.2, -0.15) is 0 Å². The van der Waals surface area contributed by atoms with Crippen molar-refractivity contribution in [2.75, 3.05) is 62.9 Å². The van der Waals surface area contributed by atoms with Crippen LogP contribution in [0, 0.1) is 12.8 Å². The van der Waals surface area contributed by atoms with E-state index in [1.807, 2.05) is 31.2 Å².